The van der Waals surface area contributed by atoms with E-state index in [1.807, 2.05) is 24.4 Å². The molecule has 0 saturated heterocycles. The summed E-state index contributed by atoms with van der Waals surface area (Å²) in [6.45, 7) is 6.36. The van der Waals surface area contributed by atoms with Crippen molar-refractivity contribution in [2.24, 2.45) is 4.99 Å². The first-order valence-corrected chi connectivity index (χ1v) is 8.15. The lowest BCUT2D eigenvalue weighted by Gasteiger charge is -2.20. The van der Waals surface area contributed by atoms with Crippen LogP contribution in [-0.2, 0) is 0 Å². The Morgan fingerprint density at radius 3 is 2.33 bits per heavy atom. The molecule has 0 aromatic heterocycles. The van der Waals surface area contributed by atoms with E-state index in [1.165, 1.54) is 5.69 Å². The van der Waals surface area contributed by atoms with E-state index in [4.69, 9.17) is 11.6 Å². The zero-order valence-electron chi connectivity index (χ0n) is 12.2. The minimum atomic E-state index is 0.668. The third-order valence-electron chi connectivity index (χ3n) is 3.29. The smallest absolute Gasteiger partial charge is 0.0645 e. The van der Waals surface area contributed by atoms with Crippen LogP contribution >= 0.6 is 27.5 Å². The van der Waals surface area contributed by atoms with Crippen LogP contribution < -0.4 is 4.90 Å². The van der Waals surface area contributed by atoms with Crippen molar-refractivity contribution in [2.75, 3.05) is 18.0 Å². The molecule has 0 radical (unpaired) electrons. The quantitative estimate of drug-likeness (QED) is 0.621. The lowest BCUT2D eigenvalue weighted by Crippen LogP contribution is -2.21. The Morgan fingerprint density at radius 2 is 1.76 bits per heavy atom. The van der Waals surface area contributed by atoms with Gasteiger partial charge in [0.1, 0.15) is 0 Å². The highest BCUT2D eigenvalue weighted by Gasteiger charge is 2.01. The Balaban J connectivity index is 2.12. The molecule has 2 aromatic carbocycles. The minimum absolute atomic E-state index is 0.668. The summed E-state index contributed by atoms with van der Waals surface area (Å²) in [6, 6.07) is 14.1. The van der Waals surface area contributed by atoms with Gasteiger partial charge in [-0.05, 0) is 65.7 Å². The Bertz CT molecular complexity index is 619. The zero-order valence-corrected chi connectivity index (χ0v) is 14.5. The number of anilines is 1. The van der Waals surface area contributed by atoms with Crippen molar-refractivity contribution < 1.29 is 0 Å². The van der Waals surface area contributed by atoms with Gasteiger partial charge in [-0.25, -0.2) is 0 Å². The van der Waals surface area contributed by atoms with E-state index in [9.17, 15) is 0 Å². The van der Waals surface area contributed by atoms with E-state index in [-0.39, 0.29) is 0 Å². The topological polar surface area (TPSA) is 15.6 Å². The molecule has 0 unspecified atom stereocenters. The molecular formula is C17H18BrClN2. The van der Waals surface area contributed by atoms with E-state index in [0.717, 1.165) is 28.8 Å². The second-order valence-corrected chi connectivity index (χ2v) is 5.88. The molecule has 0 spiro atoms. The highest BCUT2D eigenvalue weighted by atomic mass is 79.9. The normalized spacial score (nSPS) is 11.0. The molecule has 0 aliphatic carbocycles. The van der Waals surface area contributed by atoms with Crippen LogP contribution in [0.4, 0.5) is 11.4 Å². The van der Waals surface area contributed by atoms with Gasteiger partial charge in [0, 0.05) is 29.5 Å². The molecule has 2 rings (SSSR count). The monoisotopic (exact) mass is 364 g/mol. The van der Waals surface area contributed by atoms with Crippen LogP contribution in [0.25, 0.3) is 0 Å². The first kappa shape index (κ1) is 16.1. The zero-order chi connectivity index (χ0) is 15.2. The third-order valence-corrected chi connectivity index (χ3v) is 4.52. The van der Waals surface area contributed by atoms with Crippen molar-refractivity contribution in [1.82, 2.24) is 0 Å². The summed E-state index contributed by atoms with van der Waals surface area (Å²) >= 11 is 9.43. The van der Waals surface area contributed by atoms with E-state index in [0.29, 0.717) is 5.02 Å². The van der Waals surface area contributed by atoms with Crippen molar-refractivity contribution in [2.45, 2.75) is 13.8 Å². The maximum atomic E-state index is 6.06. The first-order valence-electron chi connectivity index (χ1n) is 6.98. The number of aliphatic imine (C=N–C) groups is 1. The molecule has 0 fully saturated rings. The molecule has 110 valence electrons. The van der Waals surface area contributed by atoms with Gasteiger partial charge in [-0.2, -0.15) is 0 Å². The van der Waals surface area contributed by atoms with E-state index < -0.39 is 0 Å². The fourth-order valence-electron chi connectivity index (χ4n) is 2.07. The van der Waals surface area contributed by atoms with Crippen molar-refractivity contribution in [3.05, 3.63) is 57.5 Å². The number of benzene rings is 2. The van der Waals surface area contributed by atoms with Crippen LogP contribution in [0.1, 0.15) is 19.4 Å². The fourth-order valence-corrected chi connectivity index (χ4v) is 2.50. The molecule has 2 aromatic rings. The molecule has 0 amide bonds. The van der Waals surface area contributed by atoms with Gasteiger partial charge in [-0.15, -0.1) is 0 Å². The van der Waals surface area contributed by atoms with Crippen molar-refractivity contribution in [3.63, 3.8) is 0 Å². The van der Waals surface area contributed by atoms with Gasteiger partial charge < -0.3 is 4.90 Å². The fraction of sp³-hybridized carbons (Fsp3) is 0.235. The van der Waals surface area contributed by atoms with Gasteiger partial charge in [-0.3, -0.25) is 4.99 Å². The maximum Gasteiger partial charge on any atom is 0.0645 e. The van der Waals surface area contributed by atoms with Gasteiger partial charge in [0.15, 0.2) is 0 Å². The predicted octanol–water partition coefficient (Wildman–Crippen LogP) is 5.70. The maximum absolute atomic E-state index is 6.06. The van der Waals surface area contributed by atoms with Crippen LogP contribution in [0.15, 0.2) is 51.9 Å². The van der Waals surface area contributed by atoms with Crippen LogP contribution in [-0.4, -0.2) is 19.3 Å². The molecule has 0 heterocycles. The summed E-state index contributed by atoms with van der Waals surface area (Å²) in [5.74, 6) is 0. The number of rotatable bonds is 5. The van der Waals surface area contributed by atoms with Crippen LogP contribution in [0.3, 0.4) is 0 Å². The Hall–Kier alpha value is -1.32. The summed E-state index contributed by atoms with van der Waals surface area (Å²) in [7, 11) is 0. The number of hydrogen-bond acceptors (Lipinski definition) is 2. The van der Waals surface area contributed by atoms with Gasteiger partial charge in [0.2, 0.25) is 0 Å². The number of nitrogens with zero attached hydrogens (tertiary/aromatic N) is 2. The molecule has 0 saturated carbocycles. The Kier molecular flexibility index (Phi) is 5.83. The third kappa shape index (κ3) is 4.32. The highest BCUT2D eigenvalue weighted by molar-refractivity contribution is 9.10. The summed E-state index contributed by atoms with van der Waals surface area (Å²) in [5, 5.41) is 0.668. The van der Waals surface area contributed by atoms with E-state index >= 15 is 0 Å². The molecule has 0 N–H and O–H groups in total. The first-order chi connectivity index (χ1) is 10.1. The average Bonchev–Trinajstić information content (AvgIpc) is 2.51. The van der Waals surface area contributed by atoms with Crippen molar-refractivity contribution in [1.29, 1.82) is 0 Å². The Morgan fingerprint density at radius 1 is 1.10 bits per heavy atom. The summed E-state index contributed by atoms with van der Waals surface area (Å²) in [5.41, 5.74) is 3.16. The second-order valence-electron chi connectivity index (χ2n) is 4.62. The predicted molar refractivity (Wildman–Crippen MR) is 96.4 cm³/mol. The van der Waals surface area contributed by atoms with Crippen LogP contribution in [0.5, 0.6) is 0 Å². The van der Waals surface area contributed by atoms with E-state index in [2.05, 4.69) is 63.9 Å². The highest BCUT2D eigenvalue weighted by Crippen LogP contribution is 2.27. The van der Waals surface area contributed by atoms with E-state index in [1.54, 1.807) is 0 Å². The largest absolute Gasteiger partial charge is 0.372 e. The standard InChI is InChI=1S/C17H18BrClN2/c1-3-21(4-2)15-8-5-13(6-9-15)12-20-14-7-10-16(18)17(19)11-14/h5-12H,3-4H2,1-2H3. The number of halogens is 2. The van der Waals surface area contributed by atoms with Gasteiger partial charge in [0.05, 0.1) is 10.7 Å². The molecular weight excluding hydrogens is 348 g/mol. The molecule has 0 aliphatic heterocycles. The summed E-state index contributed by atoms with van der Waals surface area (Å²) in [6.07, 6.45) is 1.85. The SMILES string of the molecule is CCN(CC)c1ccc(C=Nc2ccc(Br)c(Cl)c2)cc1. The Labute approximate surface area is 139 Å². The number of hydrogen-bond donors (Lipinski definition) is 0. The van der Waals surface area contributed by atoms with Crippen molar-refractivity contribution >= 4 is 45.1 Å². The van der Waals surface area contributed by atoms with Gasteiger partial charge in [0.25, 0.3) is 0 Å². The van der Waals surface area contributed by atoms with Gasteiger partial charge in [-0.1, -0.05) is 23.7 Å². The lowest BCUT2D eigenvalue weighted by atomic mass is 10.2. The molecule has 0 aliphatic rings. The minimum Gasteiger partial charge on any atom is -0.372 e. The van der Waals surface area contributed by atoms with Gasteiger partial charge >= 0.3 is 0 Å². The summed E-state index contributed by atoms with van der Waals surface area (Å²) in [4.78, 5) is 6.76. The molecule has 2 nitrogen and oxygen atoms in total. The summed E-state index contributed by atoms with van der Waals surface area (Å²) < 4.78 is 0.881. The average molecular weight is 366 g/mol. The van der Waals surface area contributed by atoms with Crippen molar-refractivity contribution in [3.8, 4) is 0 Å². The molecule has 21 heavy (non-hydrogen) atoms. The molecule has 0 atom stereocenters. The van der Waals surface area contributed by atoms with Crippen LogP contribution in [0.2, 0.25) is 5.02 Å². The van der Waals surface area contributed by atoms with Crippen LogP contribution in [0, 0.1) is 0 Å². The second kappa shape index (κ2) is 7.62. The molecule has 4 heteroatoms. The lowest BCUT2D eigenvalue weighted by molar-refractivity contribution is 0.866. The molecule has 0 bridgehead atoms.